The van der Waals surface area contributed by atoms with Crippen molar-refractivity contribution in [3.63, 3.8) is 0 Å². The van der Waals surface area contributed by atoms with E-state index in [0.717, 1.165) is 0 Å². The van der Waals surface area contributed by atoms with E-state index in [1.54, 1.807) is 20.8 Å². The molecule has 176 valence electrons. The Kier molecular flexibility index (Phi) is 7.72. The van der Waals surface area contributed by atoms with Crippen LogP contribution in [0.2, 0.25) is 18.1 Å². The van der Waals surface area contributed by atoms with E-state index in [1.807, 2.05) is 6.92 Å². The lowest BCUT2D eigenvalue weighted by molar-refractivity contribution is -0.163. The van der Waals surface area contributed by atoms with Crippen molar-refractivity contribution in [1.29, 1.82) is 0 Å². The molecular formula is C21H35NO6S2Si. The Bertz CT molecular complexity index is 784. The summed E-state index contributed by atoms with van der Waals surface area (Å²) in [5.74, 6) is -1.55. The molecule has 0 spiro atoms. The maximum Gasteiger partial charge on any atom is 0.356 e. The first-order valence-corrected chi connectivity index (χ1v) is 15.5. The van der Waals surface area contributed by atoms with E-state index in [1.165, 1.54) is 33.4 Å². The highest BCUT2D eigenvalue weighted by Crippen LogP contribution is 2.54. The summed E-state index contributed by atoms with van der Waals surface area (Å²) in [6.45, 7) is 19.3. The van der Waals surface area contributed by atoms with Crippen LogP contribution in [0, 0.1) is 5.92 Å². The van der Waals surface area contributed by atoms with Gasteiger partial charge in [0.25, 0.3) is 0 Å². The second-order valence-electron chi connectivity index (χ2n) is 10.4. The van der Waals surface area contributed by atoms with Crippen LogP contribution in [0.1, 0.15) is 55.4 Å². The van der Waals surface area contributed by atoms with Crippen LogP contribution < -0.4 is 0 Å². The van der Waals surface area contributed by atoms with Crippen LogP contribution in [0.3, 0.4) is 0 Å². The van der Waals surface area contributed by atoms with Crippen molar-refractivity contribution in [3.8, 4) is 0 Å². The second kappa shape index (κ2) is 9.11. The van der Waals surface area contributed by atoms with Crippen molar-refractivity contribution >= 4 is 47.8 Å². The maximum atomic E-state index is 13.2. The Morgan fingerprint density at radius 2 is 1.74 bits per heavy atom. The van der Waals surface area contributed by atoms with Gasteiger partial charge in [-0.1, -0.05) is 42.4 Å². The molecule has 0 aromatic heterocycles. The summed E-state index contributed by atoms with van der Waals surface area (Å²) in [6.07, 6.45) is -0.266. The minimum Gasteiger partial charge on any atom is -0.460 e. The summed E-state index contributed by atoms with van der Waals surface area (Å²) in [7, 11) is 0.787. The van der Waals surface area contributed by atoms with Crippen molar-refractivity contribution in [2.75, 3.05) is 6.61 Å². The molecule has 31 heavy (non-hydrogen) atoms. The van der Waals surface area contributed by atoms with Gasteiger partial charge in [-0.3, -0.25) is 14.5 Å². The number of hydrogen-bond donors (Lipinski definition) is 0. The summed E-state index contributed by atoms with van der Waals surface area (Å²) in [5, 5.41) is -0.207. The SMILES string of the molecule is CC(=O)OCC1=C(C(=O)OC(C)(C)C)N2C(=O)[C@H]([C@@H](C)O[Si](C)(C)C(C)(C)C)[C@H]2SS1. The molecular weight excluding hydrogens is 454 g/mol. The van der Waals surface area contributed by atoms with Gasteiger partial charge in [0.15, 0.2) is 8.32 Å². The number of amides is 1. The Labute approximate surface area is 194 Å². The van der Waals surface area contributed by atoms with Crippen molar-refractivity contribution in [1.82, 2.24) is 4.90 Å². The number of β-lactam (4-membered cyclic amide) rings is 1. The Balaban J connectivity index is 2.29. The highest BCUT2D eigenvalue weighted by atomic mass is 33.1. The molecule has 2 aliphatic rings. The second-order valence-corrected chi connectivity index (χ2v) is 17.6. The molecule has 0 aliphatic carbocycles. The van der Waals surface area contributed by atoms with Crippen LogP contribution in [-0.4, -0.2) is 54.7 Å². The molecule has 0 N–H and O–H groups in total. The predicted octanol–water partition coefficient (Wildman–Crippen LogP) is 4.69. The van der Waals surface area contributed by atoms with Crippen LogP contribution in [0.4, 0.5) is 0 Å². The molecule has 3 atom stereocenters. The molecule has 0 unspecified atom stereocenters. The van der Waals surface area contributed by atoms with Crippen molar-refractivity contribution in [2.45, 2.75) is 90.6 Å². The molecule has 1 fully saturated rings. The van der Waals surface area contributed by atoms with Crippen molar-refractivity contribution in [2.24, 2.45) is 5.92 Å². The van der Waals surface area contributed by atoms with E-state index in [0.29, 0.717) is 4.91 Å². The minimum atomic E-state index is -2.06. The third-order valence-electron chi connectivity index (χ3n) is 5.63. The van der Waals surface area contributed by atoms with Crippen LogP contribution in [0.15, 0.2) is 10.6 Å². The zero-order valence-electron chi connectivity index (χ0n) is 20.2. The molecule has 1 amide bonds. The smallest absolute Gasteiger partial charge is 0.356 e. The highest BCUT2D eigenvalue weighted by Gasteiger charge is 2.57. The quantitative estimate of drug-likeness (QED) is 0.230. The largest absolute Gasteiger partial charge is 0.460 e. The molecule has 2 rings (SSSR count). The number of hydrogen-bond acceptors (Lipinski definition) is 8. The first kappa shape index (κ1) is 26.3. The minimum absolute atomic E-state index is 0.0287. The lowest BCUT2D eigenvalue weighted by Crippen LogP contribution is -2.65. The zero-order chi connectivity index (χ0) is 23.9. The van der Waals surface area contributed by atoms with Gasteiger partial charge in [0.1, 0.15) is 23.3 Å². The summed E-state index contributed by atoms with van der Waals surface area (Å²) < 4.78 is 17.1. The molecule has 0 aromatic rings. The van der Waals surface area contributed by atoms with Gasteiger partial charge in [-0.15, -0.1) is 0 Å². The summed E-state index contributed by atoms with van der Waals surface area (Å²) in [6, 6.07) is 0. The standard InChI is InChI=1S/C21H35NO6S2Si/c1-12(28-31(9,10)21(6,7)8)15-17(24)22-16(19(25)27-20(3,4)5)14(11-26-13(2)23)29-30-18(15)22/h12,15,18H,11H2,1-10H3/t12-,15+,18-/m1/s1. The normalized spacial score (nSPS) is 23.2. The van der Waals surface area contributed by atoms with Crippen LogP contribution in [-0.2, 0) is 28.3 Å². The number of fused-ring (bicyclic) bond motifs is 1. The Hall–Kier alpha value is -0.973. The molecule has 2 aliphatic heterocycles. The van der Waals surface area contributed by atoms with E-state index < -0.39 is 25.9 Å². The molecule has 7 nitrogen and oxygen atoms in total. The predicted molar refractivity (Wildman–Crippen MR) is 127 cm³/mol. The van der Waals surface area contributed by atoms with Gasteiger partial charge in [-0.2, -0.15) is 0 Å². The Morgan fingerprint density at radius 1 is 1.16 bits per heavy atom. The van der Waals surface area contributed by atoms with Gasteiger partial charge in [0, 0.05) is 6.92 Å². The van der Waals surface area contributed by atoms with Gasteiger partial charge in [-0.05, 0) is 45.8 Å². The third kappa shape index (κ3) is 5.88. The van der Waals surface area contributed by atoms with Crippen molar-refractivity contribution in [3.05, 3.63) is 10.6 Å². The monoisotopic (exact) mass is 489 g/mol. The number of ether oxygens (including phenoxy) is 2. The van der Waals surface area contributed by atoms with Crippen molar-refractivity contribution < 1.29 is 28.3 Å². The van der Waals surface area contributed by atoms with Gasteiger partial charge < -0.3 is 13.9 Å². The summed E-state index contributed by atoms with van der Waals surface area (Å²) >= 11 is 0. The van der Waals surface area contributed by atoms with Gasteiger partial charge in [-0.25, -0.2) is 4.79 Å². The zero-order valence-corrected chi connectivity index (χ0v) is 22.8. The fourth-order valence-corrected chi connectivity index (χ4v) is 7.46. The molecule has 1 saturated heterocycles. The number of carbonyl (C=O) groups excluding carboxylic acids is 3. The van der Waals surface area contributed by atoms with Gasteiger partial charge in [0.05, 0.1) is 16.9 Å². The topological polar surface area (TPSA) is 82.1 Å². The summed E-state index contributed by atoms with van der Waals surface area (Å²) in [5.41, 5.74) is -0.543. The molecule has 0 aromatic carbocycles. The highest BCUT2D eigenvalue weighted by molar-refractivity contribution is 8.78. The fraction of sp³-hybridized carbons (Fsp3) is 0.762. The fourth-order valence-electron chi connectivity index (χ4n) is 3.05. The van der Waals surface area contributed by atoms with Crippen LogP contribution >= 0.6 is 21.6 Å². The first-order chi connectivity index (χ1) is 14.0. The number of carbonyl (C=O) groups is 3. The number of rotatable bonds is 6. The van der Waals surface area contributed by atoms with E-state index >= 15 is 0 Å². The summed E-state index contributed by atoms with van der Waals surface area (Å²) in [4.78, 5) is 39.5. The molecule has 0 radical (unpaired) electrons. The average Bonchev–Trinajstić information content (AvgIpc) is 2.55. The van der Waals surface area contributed by atoms with Crippen LogP contribution in [0.25, 0.3) is 0 Å². The average molecular weight is 490 g/mol. The van der Waals surface area contributed by atoms with Gasteiger partial charge >= 0.3 is 11.9 Å². The maximum absolute atomic E-state index is 13.2. The lowest BCUT2D eigenvalue weighted by atomic mass is 9.92. The number of esters is 2. The lowest BCUT2D eigenvalue weighted by Gasteiger charge is -2.52. The molecule has 0 saturated carbocycles. The van der Waals surface area contributed by atoms with E-state index in [4.69, 9.17) is 13.9 Å². The Morgan fingerprint density at radius 3 is 2.23 bits per heavy atom. The van der Waals surface area contributed by atoms with E-state index in [-0.39, 0.29) is 40.6 Å². The van der Waals surface area contributed by atoms with E-state index in [2.05, 4.69) is 33.9 Å². The molecule has 10 heteroatoms. The molecule has 2 heterocycles. The number of nitrogens with zero attached hydrogens (tertiary/aromatic N) is 1. The molecule has 0 bridgehead atoms. The third-order valence-corrected chi connectivity index (χ3v) is 13.0. The van der Waals surface area contributed by atoms with Crippen LogP contribution in [0.5, 0.6) is 0 Å². The van der Waals surface area contributed by atoms with Gasteiger partial charge in [0.2, 0.25) is 5.91 Å². The first-order valence-electron chi connectivity index (χ1n) is 10.4. The van der Waals surface area contributed by atoms with E-state index in [9.17, 15) is 14.4 Å².